The molecule has 0 atom stereocenters. The van der Waals surface area contributed by atoms with Crippen LogP contribution in [0.15, 0.2) is 18.2 Å². The molecule has 3 N–H and O–H groups in total. The maximum absolute atomic E-state index is 5.94. The second kappa shape index (κ2) is 3.49. The van der Waals surface area contributed by atoms with Crippen LogP contribution in [0.3, 0.4) is 0 Å². The maximum Gasteiger partial charge on any atom is 0.181 e. The zero-order valence-corrected chi connectivity index (χ0v) is 9.33. The Hall–Kier alpha value is -1.55. The summed E-state index contributed by atoms with van der Waals surface area (Å²) in [6.07, 6.45) is 2.40. The van der Waals surface area contributed by atoms with E-state index in [9.17, 15) is 0 Å². The number of nitrogen functional groups attached to an aromatic ring is 1. The van der Waals surface area contributed by atoms with Crippen LogP contribution in [0.5, 0.6) is 0 Å². The molecule has 0 bridgehead atoms. The van der Waals surface area contributed by atoms with E-state index in [2.05, 4.69) is 15.2 Å². The number of nitrogens with one attached hydrogen (secondary N) is 1. The summed E-state index contributed by atoms with van der Waals surface area (Å²) in [5.74, 6) is 2.20. The Morgan fingerprint density at radius 3 is 2.81 bits per heavy atom. The summed E-state index contributed by atoms with van der Waals surface area (Å²) in [6.45, 7) is 0. The van der Waals surface area contributed by atoms with Gasteiger partial charge in [0.1, 0.15) is 5.82 Å². The molecular weight excluding hydrogens is 224 g/mol. The number of nitrogens with zero attached hydrogens (tertiary/aromatic N) is 2. The van der Waals surface area contributed by atoms with Gasteiger partial charge in [-0.05, 0) is 31.0 Å². The summed E-state index contributed by atoms with van der Waals surface area (Å²) in [7, 11) is 0. The lowest BCUT2D eigenvalue weighted by Crippen LogP contribution is -1.87. The number of rotatable bonds is 2. The predicted octanol–water partition coefficient (Wildman–Crippen LogP) is 2.58. The molecule has 0 spiro atoms. The van der Waals surface area contributed by atoms with Crippen LogP contribution in [-0.2, 0) is 0 Å². The summed E-state index contributed by atoms with van der Waals surface area (Å²) in [6, 6.07) is 5.35. The number of hydrogen-bond acceptors (Lipinski definition) is 3. The Morgan fingerprint density at radius 2 is 2.12 bits per heavy atom. The highest BCUT2D eigenvalue weighted by Gasteiger charge is 2.27. The molecule has 0 amide bonds. The highest BCUT2D eigenvalue weighted by Crippen LogP contribution is 2.38. The lowest BCUT2D eigenvalue weighted by Gasteiger charge is -1.98. The van der Waals surface area contributed by atoms with Crippen molar-refractivity contribution < 1.29 is 0 Å². The lowest BCUT2D eigenvalue weighted by atomic mass is 10.2. The van der Waals surface area contributed by atoms with Crippen LogP contribution in [0.25, 0.3) is 11.4 Å². The number of halogens is 1. The second-order valence-electron chi connectivity index (χ2n) is 4.09. The molecule has 1 aliphatic carbocycles. The molecule has 2 aromatic rings. The first kappa shape index (κ1) is 9.66. The third kappa shape index (κ3) is 1.76. The van der Waals surface area contributed by atoms with Crippen LogP contribution < -0.4 is 5.73 Å². The van der Waals surface area contributed by atoms with Gasteiger partial charge in [0.25, 0.3) is 0 Å². The molecule has 1 heterocycles. The first-order chi connectivity index (χ1) is 7.72. The first-order valence-corrected chi connectivity index (χ1v) is 5.59. The van der Waals surface area contributed by atoms with Gasteiger partial charge in [-0.1, -0.05) is 11.6 Å². The monoisotopic (exact) mass is 234 g/mol. The minimum Gasteiger partial charge on any atom is -0.399 e. The number of H-pyrrole nitrogens is 1. The van der Waals surface area contributed by atoms with Gasteiger partial charge in [0.2, 0.25) is 0 Å². The van der Waals surface area contributed by atoms with Gasteiger partial charge >= 0.3 is 0 Å². The number of aromatic amines is 1. The van der Waals surface area contributed by atoms with Crippen molar-refractivity contribution in [1.82, 2.24) is 15.2 Å². The van der Waals surface area contributed by atoms with Crippen molar-refractivity contribution >= 4 is 17.3 Å². The molecule has 16 heavy (non-hydrogen) atoms. The minimum atomic E-state index is 0.567. The van der Waals surface area contributed by atoms with E-state index >= 15 is 0 Å². The fourth-order valence-corrected chi connectivity index (χ4v) is 1.93. The summed E-state index contributed by atoms with van der Waals surface area (Å²) in [5.41, 5.74) is 7.21. The zero-order chi connectivity index (χ0) is 11.1. The average Bonchev–Trinajstić information content (AvgIpc) is 2.95. The number of aromatic nitrogens is 3. The highest BCUT2D eigenvalue weighted by atomic mass is 35.5. The van der Waals surface area contributed by atoms with Crippen LogP contribution in [-0.4, -0.2) is 15.2 Å². The normalized spacial score (nSPS) is 15.3. The Balaban J connectivity index is 2.00. The number of hydrogen-bond donors (Lipinski definition) is 2. The van der Waals surface area contributed by atoms with E-state index in [1.165, 1.54) is 12.8 Å². The second-order valence-corrected chi connectivity index (χ2v) is 4.53. The fraction of sp³-hybridized carbons (Fsp3) is 0.273. The molecular formula is C11H11ClN4. The van der Waals surface area contributed by atoms with Crippen LogP contribution in [0.4, 0.5) is 5.69 Å². The summed E-state index contributed by atoms with van der Waals surface area (Å²) >= 11 is 5.94. The molecule has 1 fully saturated rings. The number of nitrogens with two attached hydrogens (primary N) is 1. The summed E-state index contributed by atoms with van der Waals surface area (Å²) in [5, 5.41) is 7.74. The van der Waals surface area contributed by atoms with Crippen molar-refractivity contribution in [2.24, 2.45) is 0 Å². The smallest absolute Gasteiger partial charge is 0.181 e. The highest BCUT2D eigenvalue weighted by molar-refractivity contribution is 6.31. The molecule has 0 radical (unpaired) electrons. The van der Waals surface area contributed by atoms with E-state index in [1.54, 1.807) is 6.07 Å². The zero-order valence-electron chi connectivity index (χ0n) is 8.57. The molecule has 1 aromatic carbocycles. The topological polar surface area (TPSA) is 67.6 Å². The predicted molar refractivity (Wildman–Crippen MR) is 63.2 cm³/mol. The van der Waals surface area contributed by atoms with Gasteiger partial charge in [0.15, 0.2) is 5.82 Å². The van der Waals surface area contributed by atoms with Crippen molar-refractivity contribution in [3.63, 3.8) is 0 Å². The van der Waals surface area contributed by atoms with E-state index in [0.29, 0.717) is 22.5 Å². The van der Waals surface area contributed by atoms with Crippen LogP contribution >= 0.6 is 11.6 Å². The van der Waals surface area contributed by atoms with Crippen molar-refractivity contribution in [2.75, 3.05) is 5.73 Å². The lowest BCUT2D eigenvalue weighted by molar-refractivity contribution is 0.935. The molecule has 1 saturated carbocycles. The number of benzene rings is 1. The van der Waals surface area contributed by atoms with Gasteiger partial charge in [0, 0.05) is 22.2 Å². The first-order valence-electron chi connectivity index (χ1n) is 5.21. The van der Waals surface area contributed by atoms with Gasteiger partial charge in [-0.3, -0.25) is 5.10 Å². The fourth-order valence-electron chi connectivity index (χ4n) is 1.68. The molecule has 0 saturated heterocycles. The molecule has 4 nitrogen and oxygen atoms in total. The standard InChI is InChI=1S/C11H11ClN4/c12-8-3-7(4-9(13)5-8)11-14-10(15-16-11)6-1-2-6/h3-6H,1-2,13H2,(H,14,15,16). The summed E-state index contributed by atoms with van der Waals surface area (Å²) < 4.78 is 0. The van der Waals surface area contributed by atoms with E-state index in [0.717, 1.165) is 11.4 Å². The molecule has 1 aromatic heterocycles. The quantitative estimate of drug-likeness (QED) is 0.785. The van der Waals surface area contributed by atoms with Crippen LogP contribution in [0.1, 0.15) is 24.6 Å². The van der Waals surface area contributed by atoms with Gasteiger partial charge in [-0.15, -0.1) is 0 Å². The van der Waals surface area contributed by atoms with Crippen molar-refractivity contribution in [3.05, 3.63) is 29.0 Å². The van der Waals surface area contributed by atoms with Crippen molar-refractivity contribution in [1.29, 1.82) is 0 Å². The van der Waals surface area contributed by atoms with Gasteiger partial charge in [0.05, 0.1) is 0 Å². The molecule has 82 valence electrons. The molecule has 1 aliphatic rings. The van der Waals surface area contributed by atoms with Gasteiger partial charge in [-0.25, -0.2) is 4.98 Å². The Labute approximate surface area is 97.8 Å². The minimum absolute atomic E-state index is 0.567. The SMILES string of the molecule is Nc1cc(Cl)cc(-c2n[nH]c(C3CC3)n2)c1. The summed E-state index contributed by atoms with van der Waals surface area (Å²) in [4.78, 5) is 4.44. The van der Waals surface area contributed by atoms with Crippen molar-refractivity contribution in [2.45, 2.75) is 18.8 Å². The largest absolute Gasteiger partial charge is 0.399 e. The van der Waals surface area contributed by atoms with Crippen molar-refractivity contribution in [3.8, 4) is 11.4 Å². The average molecular weight is 235 g/mol. The molecule has 0 unspecified atom stereocenters. The van der Waals surface area contributed by atoms with E-state index < -0.39 is 0 Å². The van der Waals surface area contributed by atoms with E-state index in [-0.39, 0.29) is 0 Å². The third-order valence-corrected chi connectivity index (χ3v) is 2.86. The number of anilines is 1. The van der Waals surface area contributed by atoms with Crippen LogP contribution in [0, 0.1) is 0 Å². The maximum atomic E-state index is 5.94. The Kier molecular flexibility index (Phi) is 2.11. The van der Waals surface area contributed by atoms with Gasteiger partial charge < -0.3 is 5.73 Å². The molecule has 5 heteroatoms. The molecule has 3 rings (SSSR count). The van der Waals surface area contributed by atoms with E-state index in [4.69, 9.17) is 17.3 Å². The van der Waals surface area contributed by atoms with Gasteiger partial charge in [-0.2, -0.15) is 5.10 Å². The Morgan fingerprint density at radius 1 is 1.31 bits per heavy atom. The van der Waals surface area contributed by atoms with Crippen LogP contribution in [0.2, 0.25) is 5.02 Å². The Bertz CT molecular complexity index is 510. The molecule has 0 aliphatic heterocycles. The van der Waals surface area contributed by atoms with E-state index in [1.807, 2.05) is 12.1 Å². The third-order valence-electron chi connectivity index (χ3n) is 2.65.